The number of carbonyl (C=O) groups excluding carboxylic acids is 1. The van der Waals surface area contributed by atoms with E-state index in [4.69, 9.17) is 4.74 Å². The summed E-state index contributed by atoms with van der Waals surface area (Å²) in [6.07, 6.45) is 3.93. The summed E-state index contributed by atoms with van der Waals surface area (Å²) in [5.74, 6) is 0.218. The van der Waals surface area contributed by atoms with Crippen LogP contribution in [0.15, 0.2) is 53.4 Å². The fraction of sp³-hybridized carbons (Fsp3) is 0.381. The van der Waals surface area contributed by atoms with E-state index in [0.717, 1.165) is 25.7 Å². The highest BCUT2D eigenvalue weighted by atomic mass is 32.2. The van der Waals surface area contributed by atoms with Crippen LogP contribution in [-0.4, -0.2) is 38.3 Å². The number of carbonyl (C=O) groups is 1. The lowest BCUT2D eigenvalue weighted by molar-refractivity contribution is 0.102. The summed E-state index contributed by atoms with van der Waals surface area (Å²) < 4.78 is 32.7. The number of anilines is 1. The summed E-state index contributed by atoms with van der Waals surface area (Å²) in [5, 5.41) is 2.80. The first kappa shape index (κ1) is 20.4. The topological polar surface area (TPSA) is 75.7 Å². The number of ether oxygens (including phenoxy) is 1. The Morgan fingerprint density at radius 1 is 1.00 bits per heavy atom. The molecule has 3 rings (SSSR count). The van der Waals surface area contributed by atoms with Crippen LogP contribution in [0.4, 0.5) is 5.69 Å². The normalized spacial score (nSPS) is 15.6. The van der Waals surface area contributed by atoms with Gasteiger partial charge in [-0.3, -0.25) is 4.79 Å². The number of para-hydroxylation sites is 1. The van der Waals surface area contributed by atoms with Gasteiger partial charge in [-0.2, -0.15) is 4.31 Å². The maximum absolute atomic E-state index is 12.8. The Labute approximate surface area is 166 Å². The van der Waals surface area contributed by atoms with Crippen molar-refractivity contribution in [2.45, 2.75) is 37.5 Å². The Morgan fingerprint density at radius 2 is 1.64 bits per heavy atom. The van der Waals surface area contributed by atoms with Gasteiger partial charge in [0.05, 0.1) is 17.1 Å². The molecule has 0 aliphatic carbocycles. The molecular formula is C21H26N2O4S. The molecule has 0 unspecified atom stereocenters. The van der Waals surface area contributed by atoms with Gasteiger partial charge in [0.2, 0.25) is 10.0 Å². The molecule has 1 amide bonds. The molecule has 1 saturated heterocycles. The lowest BCUT2D eigenvalue weighted by atomic mass is 10.2. The fourth-order valence-electron chi connectivity index (χ4n) is 3.28. The number of nitrogens with one attached hydrogen (secondary N) is 1. The number of sulfonamides is 1. The third-order valence-corrected chi connectivity index (χ3v) is 6.66. The number of benzene rings is 2. The van der Waals surface area contributed by atoms with Crippen molar-refractivity contribution in [2.24, 2.45) is 0 Å². The minimum absolute atomic E-state index is 0.252. The second-order valence-electron chi connectivity index (χ2n) is 6.73. The van der Waals surface area contributed by atoms with Gasteiger partial charge in [0, 0.05) is 18.8 Å². The molecule has 1 aliphatic rings. The summed E-state index contributed by atoms with van der Waals surface area (Å²) >= 11 is 0. The lowest BCUT2D eigenvalue weighted by Gasteiger charge is -2.20. The Bertz CT molecular complexity index is 902. The van der Waals surface area contributed by atoms with Gasteiger partial charge < -0.3 is 10.1 Å². The van der Waals surface area contributed by atoms with E-state index in [1.165, 1.54) is 0 Å². The Hall–Kier alpha value is -2.38. The second-order valence-corrected chi connectivity index (χ2v) is 8.66. The van der Waals surface area contributed by atoms with Crippen molar-refractivity contribution in [3.05, 3.63) is 54.1 Å². The second kappa shape index (κ2) is 9.21. The molecular weight excluding hydrogens is 376 g/mol. The van der Waals surface area contributed by atoms with Gasteiger partial charge in [0.15, 0.2) is 0 Å². The molecule has 28 heavy (non-hydrogen) atoms. The number of hydrogen-bond acceptors (Lipinski definition) is 4. The average Bonchev–Trinajstić information content (AvgIpc) is 2.99. The number of hydrogen-bond donors (Lipinski definition) is 1. The first-order valence-electron chi connectivity index (χ1n) is 9.66. The zero-order chi connectivity index (χ0) is 20.0. The van der Waals surface area contributed by atoms with Crippen molar-refractivity contribution in [1.29, 1.82) is 0 Å². The van der Waals surface area contributed by atoms with E-state index in [9.17, 15) is 13.2 Å². The fourth-order valence-corrected chi connectivity index (χ4v) is 4.79. The Kier molecular flexibility index (Phi) is 6.70. The molecule has 0 saturated carbocycles. The van der Waals surface area contributed by atoms with E-state index in [1.54, 1.807) is 46.8 Å². The maximum atomic E-state index is 12.8. The standard InChI is InChI=1S/C21H26N2O4S/c1-2-27-20-10-6-5-9-19(20)21(24)22-17-11-13-18(14-12-17)28(25,26)23-15-7-3-4-8-16-23/h5-6,9-14H,2-4,7-8,15-16H2,1H3,(H,22,24). The van der Waals surface area contributed by atoms with Crippen LogP contribution in [0.5, 0.6) is 5.75 Å². The van der Waals surface area contributed by atoms with Crippen LogP contribution in [0.2, 0.25) is 0 Å². The molecule has 0 aromatic heterocycles. The quantitative estimate of drug-likeness (QED) is 0.795. The smallest absolute Gasteiger partial charge is 0.259 e. The largest absolute Gasteiger partial charge is 0.493 e. The monoisotopic (exact) mass is 402 g/mol. The molecule has 0 atom stereocenters. The minimum atomic E-state index is -3.50. The van der Waals surface area contributed by atoms with Crippen molar-refractivity contribution >= 4 is 21.6 Å². The van der Waals surface area contributed by atoms with Gasteiger partial charge in [0.1, 0.15) is 5.75 Å². The third-order valence-electron chi connectivity index (χ3n) is 4.75. The van der Waals surface area contributed by atoms with Gasteiger partial charge in [-0.1, -0.05) is 25.0 Å². The molecule has 0 radical (unpaired) electrons. The number of nitrogens with zero attached hydrogens (tertiary/aromatic N) is 1. The average molecular weight is 403 g/mol. The summed E-state index contributed by atoms with van der Waals surface area (Å²) in [4.78, 5) is 12.8. The van der Waals surface area contributed by atoms with Crippen LogP contribution in [-0.2, 0) is 10.0 Å². The minimum Gasteiger partial charge on any atom is -0.493 e. The highest BCUT2D eigenvalue weighted by molar-refractivity contribution is 7.89. The molecule has 7 heteroatoms. The molecule has 2 aromatic carbocycles. The molecule has 0 bridgehead atoms. The predicted molar refractivity (Wildman–Crippen MR) is 109 cm³/mol. The molecule has 1 heterocycles. The van der Waals surface area contributed by atoms with Gasteiger partial charge in [0.25, 0.3) is 5.91 Å². The third kappa shape index (κ3) is 4.72. The zero-order valence-corrected chi connectivity index (χ0v) is 16.9. The highest BCUT2D eigenvalue weighted by Crippen LogP contribution is 2.23. The van der Waals surface area contributed by atoms with Crippen LogP contribution >= 0.6 is 0 Å². The van der Waals surface area contributed by atoms with Crippen molar-refractivity contribution in [3.63, 3.8) is 0 Å². The highest BCUT2D eigenvalue weighted by Gasteiger charge is 2.25. The Morgan fingerprint density at radius 3 is 2.29 bits per heavy atom. The summed E-state index contributed by atoms with van der Waals surface area (Å²) in [7, 11) is -3.50. The van der Waals surface area contributed by atoms with E-state index >= 15 is 0 Å². The maximum Gasteiger partial charge on any atom is 0.259 e. The molecule has 1 aliphatic heterocycles. The predicted octanol–water partition coefficient (Wildman–Crippen LogP) is 3.90. The Balaban J connectivity index is 1.73. The first-order chi connectivity index (χ1) is 13.5. The summed E-state index contributed by atoms with van der Waals surface area (Å²) in [6, 6.07) is 13.3. The molecule has 150 valence electrons. The van der Waals surface area contributed by atoms with Gasteiger partial charge in [-0.05, 0) is 56.2 Å². The number of rotatable bonds is 6. The van der Waals surface area contributed by atoms with Crippen molar-refractivity contribution in [2.75, 3.05) is 25.0 Å². The van der Waals surface area contributed by atoms with Crippen LogP contribution in [0, 0.1) is 0 Å². The van der Waals surface area contributed by atoms with Crippen LogP contribution < -0.4 is 10.1 Å². The van der Waals surface area contributed by atoms with E-state index in [1.807, 2.05) is 13.0 Å². The molecule has 1 fully saturated rings. The number of amides is 1. The van der Waals surface area contributed by atoms with Gasteiger partial charge >= 0.3 is 0 Å². The molecule has 6 nitrogen and oxygen atoms in total. The van der Waals surface area contributed by atoms with E-state index in [0.29, 0.717) is 36.7 Å². The first-order valence-corrected chi connectivity index (χ1v) is 11.1. The SMILES string of the molecule is CCOc1ccccc1C(=O)Nc1ccc(S(=O)(=O)N2CCCCCC2)cc1. The van der Waals surface area contributed by atoms with Crippen molar-refractivity contribution in [1.82, 2.24) is 4.31 Å². The molecule has 0 spiro atoms. The van der Waals surface area contributed by atoms with Crippen LogP contribution in [0.25, 0.3) is 0 Å². The van der Waals surface area contributed by atoms with Gasteiger partial charge in [-0.15, -0.1) is 0 Å². The van der Waals surface area contributed by atoms with Crippen LogP contribution in [0.3, 0.4) is 0 Å². The lowest BCUT2D eigenvalue weighted by Crippen LogP contribution is -2.31. The summed E-state index contributed by atoms with van der Waals surface area (Å²) in [6.45, 7) is 3.45. The zero-order valence-electron chi connectivity index (χ0n) is 16.1. The van der Waals surface area contributed by atoms with Crippen LogP contribution in [0.1, 0.15) is 43.0 Å². The van der Waals surface area contributed by atoms with Crippen molar-refractivity contribution < 1.29 is 17.9 Å². The molecule has 2 aromatic rings. The van der Waals surface area contributed by atoms with E-state index in [2.05, 4.69) is 5.32 Å². The van der Waals surface area contributed by atoms with Crippen molar-refractivity contribution in [3.8, 4) is 5.75 Å². The van der Waals surface area contributed by atoms with Gasteiger partial charge in [-0.25, -0.2) is 8.42 Å². The van der Waals surface area contributed by atoms with E-state index < -0.39 is 10.0 Å². The summed E-state index contributed by atoms with van der Waals surface area (Å²) in [5.41, 5.74) is 0.969. The molecule has 1 N–H and O–H groups in total. The van der Waals surface area contributed by atoms with E-state index in [-0.39, 0.29) is 10.8 Å².